The first-order chi connectivity index (χ1) is 9.56. The number of piperidine rings is 1. The van der Waals surface area contributed by atoms with Crippen molar-refractivity contribution in [3.8, 4) is 5.75 Å². The standard InChI is InChI=1S/C15H19FN2O2/c1-18(11-7-9-5-6-10(8-11)17-9)15(20)14-12(16)3-2-4-13(14)19/h2-4,9-11,17,19H,5-8H2,1H3. The smallest absolute Gasteiger partial charge is 0.260 e. The van der Waals surface area contributed by atoms with E-state index >= 15 is 0 Å². The Morgan fingerprint density at radius 3 is 2.60 bits per heavy atom. The Morgan fingerprint density at radius 1 is 1.35 bits per heavy atom. The number of rotatable bonds is 2. The monoisotopic (exact) mass is 278 g/mol. The number of phenolic OH excluding ortho intramolecular Hbond substituents is 1. The maximum Gasteiger partial charge on any atom is 0.260 e. The molecule has 4 nitrogen and oxygen atoms in total. The van der Waals surface area contributed by atoms with Crippen LogP contribution in [0.5, 0.6) is 5.75 Å². The van der Waals surface area contributed by atoms with Gasteiger partial charge in [0.15, 0.2) is 0 Å². The van der Waals surface area contributed by atoms with Crippen LogP contribution >= 0.6 is 0 Å². The first-order valence-electron chi connectivity index (χ1n) is 7.07. The van der Waals surface area contributed by atoms with Crippen LogP contribution in [0.2, 0.25) is 0 Å². The Morgan fingerprint density at radius 2 is 2.00 bits per heavy atom. The highest BCUT2D eigenvalue weighted by atomic mass is 19.1. The van der Waals surface area contributed by atoms with Crippen LogP contribution in [0.4, 0.5) is 4.39 Å². The molecule has 1 aromatic rings. The second-order valence-electron chi connectivity index (χ2n) is 5.81. The van der Waals surface area contributed by atoms with Crippen LogP contribution in [-0.4, -0.2) is 41.1 Å². The van der Waals surface area contributed by atoms with Gasteiger partial charge < -0.3 is 15.3 Å². The second kappa shape index (κ2) is 5.05. The van der Waals surface area contributed by atoms with Gasteiger partial charge in [-0.05, 0) is 37.8 Å². The van der Waals surface area contributed by atoms with Crippen molar-refractivity contribution in [2.75, 3.05) is 7.05 Å². The molecular formula is C15H19FN2O2. The predicted molar refractivity (Wildman–Crippen MR) is 73.1 cm³/mol. The number of hydrogen-bond donors (Lipinski definition) is 2. The van der Waals surface area contributed by atoms with Crippen LogP contribution in [0.15, 0.2) is 18.2 Å². The van der Waals surface area contributed by atoms with E-state index in [1.807, 2.05) is 0 Å². The molecule has 5 heteroatoms. The van der Waals surface area contributed by atoms with Gasteiger partial charge in [-0.2, -0.15) is 0 Å². The molecule has 1 amide bonds. The zero-order valence-electron chi connectivity index (χ0n) is 11.5. The average molecular weight is 278 g/mol. The van der Waals surface area contributed by atoms with Gasteiger partial charge >= 0.3 is 0 Å². The number of hydrogen-bond acceptors (Lipinski definition) is 3. The Balaban J connectivity index is 1.80. The molecule has 2 aliphatic rings. The maximum atomic E-state index is 13.8. The van der Waals surface area contributed by atoms with E-state index in [4.69, 9.17) is 0 Å². The SMILES string of the molecule is CN(C(=O)c1c(O)cccc1F)C1CC2CCC(C1)N2. The van der Waals surface area contributed by atoms with Gasteiger partial charge in [0.2, 0.25) is 0 Å². The van der Waals surface area contributed by atoms with E-state index < -0.39 is 11.7 Å². The summed E-state index contributed by atoms with van der Waals surface area (Å²) in [5.41, 5.74) is -0.221. The average Bonchev–Trinajstić information content (AvgIpc) is 2.76. The minimum Gasteiger partial charge on any atom is -0.507 e. The molecule has 0 radical (unpaired) electrons. The van der Waals surface area contributed by atoms with Crippen molar-refractivity contribution in [3.63, 3.8) is 0 Å². The number of halogens is 1. The summed E-state index contributed by atoms with van der Waals surface area (Å²) in [6.45, 7) is 0. The number of aromatic hydroxyl groups is 1. The summed E-state index contributed by atoms with van der Waals surface area (Å²) in [5, 5.41) is 13.2. The lowest BCUT2D eigenvalue weighted by Gasteiger charge is -2.35. The molecule has 20 heavy (non-hydrogen) atoms. The molecule has 2 saturated heterocycles. The normalized spacial score (nSPS) is 28.4. The van der Waals surface area contributed by atoms with E-state index in [-0.39, 0.29) is 17.4 Å². The van der Waals surface area contributed by atoms with Gasteiger partial charge in [0.1, 0.15) is 17.1 Å². The largest absolute Gasteiger partial charge is 0.507 e. The molecule has 0 aromatic heterocycles. The van der Waals surface area contributed by atoms with Crippen molar-refractivity contribution in [1.29, 1.82) is 0 Å². The Labute approximate surface area is 117 Å². The summed E-state index contributed by atoms with van der Waals surface area (Å²) >= 11 is 0. The van der Waals surface area contributed by atoms with Gasteiger partial charge in [0, 0.05) is 25.2 Å². The number of amides is 1. The van der Waals surface area contributed by atoms with Gasteiger partial charge in [-0.15, -0.1) is 0 Å². The zero-order valence-corrected chi connectivity index (χ0v) is 11.5. The molecule has 2 heterocycles. The third-order valence-electron chi connectivity index (χ3n) is 4.52. The topological polar surface area (TPSA) is 52.6 Å². The van der Waals surface area contributed by atoms with Crippen LogP contribution in [0.3, 0.4) is 0 Å². The van der Waals surface area contributed by atoms with Crippen molar-refractivity contribution in [2.45, 2.75) is 43.8 Å². The summed E-state index contributed by atoms with van der Waals surface area (Å²) in [6, 6.07) is 4.97. The van der Waals surface area contributed by atoms with Crippen molar-refractivity contribution in [3.05, 3.63) is 29.6 Å². The van der Waals surface area contributed by atoms with Crippen LogP contribution in [-0.2, 0) is 0 Å². The second-order valence-corrected chi connectivity index (χ2v) is 5.81. The minimum absolute atomic E-state index is 0.111. The summed E-state index contributed by atoms with van der Waals surface area (Å²) in [4.78, 5) is 14.0. The summed E-state index contributed by atoms with van der Waals surface area (Å²) in [5.74, 6) is -1.40. The van der Waals surface area contributed by atoms with E-state index in [1.165, 1.54) is 18.2 Å². The fourth-order valence-corrected chi connectivity index (χ4v) is 3.41. The van der Waals surface area contributed by atoms with Crippen LogP contribution in [0.1, 0.15) is 36.0 Å². The highest BCUT2D eigenvalue weighted by Crippen LogP contribution is 2.31. The van der Waals surface area contributed by atoms with E-state index in [2.05, 4.69) is 5.32 Å². The fraction of sp³-hybridized carbons (Fsp3) is 0.533. The zero-order chi connectivity index (χ0) is 14.3. The molecule has 2 N–H and O–H groups in total. The molecule has 2 fully saturated rings. The highest BCUT2D eigenvalue weighted by molar-refractivity contribution is 5.97. The summed E-state index contributed by atoms with van der Waals surface area (Å²) < 4.78 is 13.8. The predicted octanol–water partition coefficient (Wildman–Crippen LogP) is 1.89. The molecular weight excluding hydrogens is 259 g/mol. The van der Waals surface area contributed by atoms with Gasteiger partial charge in [-0.3, -0.25) is 4.79 Å². The van der Waals surface area contributed by atoms with Gasteiger partial charge in [-0.1, -0.05) is 6.07 Å². The fourth-order valence-electron chi connectivity index (χ4n) is 3.41. The Bertz CT molecular complexity index is 502. The van der Waals surface area contributed by atoms with E-state index in [0.717, 1.165) is 25.7 Å². The molecule has 108 valence electrons. The molecule has 3 rings (SSSR count). The lowest BCUT2D eigenvalue weighted by Crippen LogP contribution is -2.48. The molecule has 1 aromatic carbocycles. The van der Waals surface area contributed by atoms with Crippen molar-refractivity contribution >= 4 is 5.91 Å². The van der Waals surface area contributed by atoms with Crippen LogP contribution in [0, 0.1) is 5.82 Å². The van der Waals surface area contributed by atoms with Gasteiger partial charge in [0.05, 0.1) is 0 Å². The number of benzene rings is 1. The van der Waals surface area contributed by atoms with Gasteiger partial charge in [-0.25, -0.2) is 4.39 Å². The lowest BCUT2D eigenvalue weighted by atomic mass is 9.97. The van der Waals surface area contributed by atoms with E-state index in [0.29, 0.717) is 12.1 Å². The van der Waals surface area contributed by atoms with E-state index in [9.17, 15) is 14.3 Å². The molecule has 2 aliphatic heterocycles. The first-order valence-corrected chi connectivity index (χ1v) is 7.07. The van der Waals surface area contributed by atoms with E-state index in [1.54, 1.807) is 11.9 Å². The summed E-state index contributed by atoms with van der Waals surface area (Å²) in [7, 11) is 1.70. The molecule has 2 unspecified atom stereocenters. The van der Waals surface area contributed by atoms with Crippen LogP contribution in [0.25, 0.3) is 0 Å². The molecule has 0 saturated carbocycles. The number of carbonyl (C=O) groups is 1. The van der Waals surface area contributed by atoms with Crippen LogP contribution < -0.4 is 5.32 Å². The number of nitrogens with one attached hydrogen (secondary N) is 1. The molecule has 0 spiro atoms. The molecule has 2 bridgehead atoms. The van der Waals surface area contributed by atoms with Crippen molar-refractivity contribution < 1.29 is 14.3 Å². The summed E-state index contributed by atoms with van der Waals surface area (Å²) in [6.07, 6.45) is 4.09. The third kappa shape index (κ3) is 2.26. The maximum absolute atomic E-state index is 13.8. The Kier molecular flexibility index (Phi) is 3.38. The number of phenols is 1. The Hall–Kier alpha value is -1.62. The number of carbonyl (C=O) groups excluding carboxylic acids is 1. The van der Waals surface area contributed by atoms with Crippen molar-refractivity contribution in [1.82, 2.24) is 10.2 Å². The number of fused-ring (bicyclic) bond motifs is 2. The highest BCUT2D eigenvalue weighted by Gasteiger charge is 2.37. The van der Waals surface area contributed by atoms with Gasteiger partial charge in [0.25, 0.3) is 5.91 Å². The molecule has 2 atom stereocenters. The quantitative estimate of drug-likeness (QED) is 0.868. The third-order valence-corrected chi connectivity index (χ3v) is 4.52. The lowest BCUT2D eigenvalue weighted by molar-refractivity contribution is 0.0674. The minimum atomic E-state index is -0.668. The first kappa shape index (κ1) is 13.4. The number of nitrogens with zero attached hydrogens (tertiary/aromatic N) is 1. The van der Waals surface area contributed by atoms with Crippen molar-refractivity contribution in [2.24, 2.45) is 0 Å². The molecule has 0 aliphatic carbocycles.